The lowest BCUT2D eigenvalue weighted by Crippen LogP contribution is -2.13. The zero-order valence-electron chi connectivity index (χ0n) is 11.8. The van der Waals surface area contributed by atoms with E-state index in [9.17, 15) is 18.7 Å². The Kier molecular flexibility index (Phi) is 5.47. The molecule has 1 N–H and O–H groups in total. The molecule has 0 amide bonds. The summed E-state index contributed by atoms with van der Waals surface area (Å²) < 4.78 is 31.5. The first-order chi connectivity index (χ1) is 10.6. The third-order valence-corrected chi connectivity index (χ3v) is 3.30. The summed E-state index contributed by atoms with van der Waals surface area (Å²) in [6.45, 7) is 0.214. The van der Waals surface area contributed by atoms with Gasteiger partial charge in [0.05, 0.1) is 12.5 Å². The molecule has 5 heteroatoms. The van der Waals surface area contributed by atoms with Crippen molar-refractivity contribution < 1.29 is 23.4 Å². The van der Waals surface area contributed by atoms with Crippen LogP contribution in [0.1, 0.15) is 24.3 Å². The maximum absolute atomic E-state index is 13.4. The van der Waals surface area contributed by atoms with Crippen LogP contribution in [0.4, 0.5) is 8.78 Å². The Bertz CT molecular complexity index is 626. The predicted octanol–water partition coefficient (Wildman–Crippen LogP) is 3.99. The number of rotatable bonds is 7. The van der Waals surface area contributed by atoms with Crippen molar-refractivity contribution >= 4 is 5.97 Å². The van der Waals surface area contributed by atoms with Crippen molar-refractivity contribution in [1.29, 1.82) is 0 Å². The zero-order chi connectivity index (χ0) is 15.9. The molecule has 1 unspecified atom stereocenters. The molecule has 0 spiro atoms. The average Bonchev–Trinajstić information content (AvgIpc) is 2.50. The van der Waals surface area contributed by atoms with Crippen molar-refractivity contribution in [3.05, 3.63) is 65.7 Å². The Morgan fingerprint density at radius 1 is 1.09 bits per heavy atom. The SMILES string of the molecule is O=C(O)C(CCCOc1ccccc1F)c1ccc(F)cc1. The van der Waals surface area contributed by atoms with Crippen molar-refractivity contribution in [1.82, 2.24) is 0 Å². The molecule has 0 aromatic heterocycles. The first-order valence-corrected chi connectivity index (χ1v) is 6.93. The van der Waals surface area contributed by atoms with Crippen LogP contribution in [-0.2, 0) is 4.79 Å². The molecule has 2 aromatic rings. The number of benzene rings is 2. The van der Waals surface area contributed by atoms with Crippen molar-refractivity contribution in [2.45, 2.75) is 18.8 Å². The van der Waals surface area contributed by atoms with Gasteiger partial charge in [-0.3, -0.25) is 4.79 Å². The van der Waals surface area contributed by atoms with Gasteiger partial charge in [0.1, 0.15) is 5.82 Å². The summed E-state index contributed by atoms with van der Waals surface area (Å²) in [5.41, 5.74) is 0.541. The quantitative estimate of drug-likeness (QED) is 0.787. The normalized spacial score (nSPS) is 11.9. The third kappa shape index (κ3) is 4.28. The zero-order valence-corrected chi connectivity index (χ0v) is 11.8. The number of hydrogen-bond donors (Lipinski definition) is 1. The highest BCUT2D eigenvalue weighted by Crippen LogP contribution is 2.23. The molecule has 0 aliphatic carbocycles. The summed E-state index contributed by atoms with van der Waals surface area (Å²) >= 11 is 0. The van der Waals surface area contributed by atoms with Gasteiger partial charge in [0.25, 0.3) is 0 Å². The van der Waals surface area contributed by atoms with E-state index in [0.717, 1.165) is 0 Å². The molecule has 3 nitrogen and oxygen atoms in total. The van der Waals surface area contributed by atoms with Gasteiger partial charge in [-0.25, -0.2) is 8.78 Å². The fraction of sp³-hybridized carbons (Fsp3) is 0.235. The molecule has 22 heavy (non-hydrogen) atoms. The molecule has 1 atom stereocenters. The predicted molar refractivity (Wildman–Crippen MR) is 77.9 cm³/mol. The molecular formula is C17H16F2O3. The lowest BCUT2D eigenvalue weighted by atomic mass is 9.94. The number of carboxylic acid groups (broad SMARTS) is 1. The smallest absolute Gasteiger partial charge is 0.310 e. The van der Waals surface area contributed by atoms with Crippen LogP contribution in [0.5, 0.6) is 5.75 Å². The molecule has 2 aromatic carbocycles. The molecule has 2 rings (SSSR count). The minimum Gasteiger partial charge on any atom is -0.491 e. The number of carbonyl (C=O) groups is 1. The van der Waals surface area contributed by atoms with E-state index in [1.807, 2.05) is 0 Å². The summed E-state index contributed by atoms with van der Waals surface area (Å²) in [4.78, 5) is 11.3. The Morgan fingerprint density at radius 2 is 1.77 bits per heavy atom. The fourth-order valence-corrected chi connectivity index (χ4v) is 2.16. The number of para-hydroxylation sites is 1. The summed E-state index contributed by atoms with van der Waals surface area (Å²) in [5, 5.41) is 9.26. The third-order valence-electron chi connectivity index (χ3n) is 3.30. The highest BCUT2D eigenvalue weighted by molar-refractivity contribution is 5.75. The first kappa shape index (κ1) is 15.9. The second kappa shape index (κ2) is 7.54. The number of hydrogen-bond acceptors (Lipinski definition) is 2. The van der Waals surface area contributed by atoms with E-state index < -0.39 is 23.5 Å². The molecule has 0 heterocycles. The molecular weight excluding hydrogens is 290 g/mol. The van der Waals surface area contributed by atoms with Crippen LogP contribution in [0.25, 0.3) is 0 Å². The molecule has 0 fully saturated rings. The van der Waals surface area contributed by atoms with Gasteiger partial charge in [0, 0.05) is 0 Å². The minimum absolute atomic E-state index is 0.149. The van der Waals surface area contributed by atoms with E-state index in [2.05, 4.69) is 0 Å². The van der Waals surface area contributed by atoms with E-state index in [-0.39, 0.29) is 12.4 Å². The number of aliphatic carboxylic acids is 1. The van der Waals surface area contributed by atoms with Crippen LogP contribution in [0, 0.1) is 11.6 Å². The summed E-state index contributed by atoms with van der Waals surface area (Å²) in [6.07, 6.45) is 0.776. The van der Waals surface area contributed by atoms with E-state index in [1.165, 1.54) is 36.4 Å². The lowest BCUT2D eigenvalue weighted by Gasteiger charge is -2.13. The van der Waals surface area contributed by atoms with Gasteiger partial charge in [-0.1, -0.05) is 24.3 Å². The second-order valence-electron chi connectivity index (χ2n) is 4.86. The Morgan fingerprint density at radius 3 is 2.41 bits per heavy atom. The van der Waals surface area contributed by atoms with Gasteiger partial charge in [-0.05, 0) is 42.7 Å². The molecule has 0 saturated carbocycles. The van der Waals surface area contributed by atoms with Crippen LogP contribution in [0.15, 0.2) is 48.5 Å². The fourth-order valence-electron chi connectivity index (χ4n) is 2.16. The van der Waals surface area contributed by atoms with E-state index in [1.54, 1.807) is 12.1 Å². The largest absolute Gasteiger partial charge is 0.491 e. The standard InChI is InChI=1S/C17H16F2O3/c18-13-9-7-12(8-10-13)14(17(20)21)4-3-11-22-16-6-2-1-5-15(16)19/h1-2,5-10,14H,3-4,11H2,(H,20,21). The van der Waals surface area contributed by atoms with Crippen LogP contribution in [-0.4, -0.2) is 17.7 Å². The van der Waals surface area contributed by atoms with E-state index in [0.29, 0.717) is 18.4 Å². The van der Waals surface area contributed by atoms with Crippen molar-refractivity contribution in [3.8, 4) is 5.75 Å². The first-order valence-electron chi connectivity index (χ1n) is 6.93. The minimum atomic E-state index is -0.975. The molecule has 0 radical (unpaired) electrons. The number of ether oxygens (including phenoxy) is 1. The van der Waals surface area contributed by atoms with Gasteiger partial charge in [0.2, 0.25) is 0 Å². The molecule has 0 bridgehead atoms. The van der Waals surface area contributed by atoms with E-state index in [4.69, 9.17) is 4.74 Å². The molecule has 116 valence electrons. The summed E-state index contributed by atoms with van der Waals surface area (Å²) in [5.74, 6) is -2.41. The molecule has 0 aliphatic rings. The van der Waals surface area contributed by atoms with Crippen LogP contribution in [0.2, 0.25) is 0 Å². The van der Waals surface area contributed by atoms with E-state index >= 15 is 0 Å². The maximum Gasteiger partial charge on any atom is 0.310 e. The lowest BCUT2D eigenvalue weighted by molar-refractivity contribution is -0.139. The summed E-state index contributed by atoms with van der Waals surface area (Å²) in [6, 6.07) is 11.5. The van der Waals surface area contributed by atoms with Crippen LogP contribution in [0.3, 0.4) is 0 Å². The molecule has 0 saturated heterocycles. The Labute approximate surface area is 127 Å². The van der Waals surface area contributed by atoms with Gasteiger partial charge >= 0.3 is 5.97 Å². The summed E-state index contributed by atoms with van der Waals surface area (Å²) in [7, 11) is 0. The second-order valence-corrected chi connectivity index (χ2v) is 4.86. The monoisotopic (exact) mass is 306 g/mol. The average molecular weight is 306 g/mol. The van der Waals surface area contributed by atoms with Gasteiger partial charge in [-0.15, -0.1) is 0 Å². The maximum atomic E-state index is 13.4. The Balaban J connectivity index is 1.89. The van der Waals surface area contributed by atoms with Crippen LogP contribution < -0.4 is 4.74 Å². The topological polar surface area (TPSA) is 46.5 Å². The highest BCUT2D eigenvalue weighted by atomic mass is 19.1. The van der Waals surface area contributed by atoms with Gasteiger partial charge in [-0.2, -0.15) is 0 Å². The van der Waals surface area contributed by atoms with Crippen LogP contribution >= 0.6 is 0 Å². The number of carboxylic acids is 1. The van der Waals surface area contributed by atoms with Gasteiger partial charge < -0.3 is 9.84 Å². The van der Waals surface area contributed by atoms with Gasteiger partial charge in [0.15, 0.2) is 11.6 Å². The van der Waals surface area contributed by atoms with Crippen molar-refractivity contribution in [2.24, 2.45) is 0 Å². The van der Waals surface area contributed by atoms with Crippen molar-refractivity contribution in [3.63, 3.8) is 0 Å². The highest BCUT2D eigenvalue weighted by Gasteiger charge is 2.19. The van der Waals surface area contributed by atoms with Crippen molar-refractivity contribution in [2.75, 3.05) is 6.61 Å². The Hall–Kier alpha value is -2.43. The number of halogens is 2. The molecule has 0 aliphatic heterocycles.